The van der Waals surface area contributed by atoms with Gasteiger partial charge in [0.2, 0.25) is 0 Å². The molecule has 0 saturated carbocycles. The average Bonchev–Trinajstić information content (AvgIpc) is 2.86. The van der Waals surface area contributed by atoms with Gasteiger partial charge in [-0.05, 0) is 44.4 Å². The molecule has 2 aromatic rings. The quantitative estimate of drug-likeness (QED) is 0.812. The SMILES string of the molecule is CC(C)c1ccc(-n2cc(C(=O)OC(C)(C)C)nn2)cc1. The van der Waals surface area contributed by atoms with Crippen molar-refractivity contribution in [1.82, 2.24) is 15.0 Å². The fourth-order valence-electron chi connectivity index (χ4n) is 1.83. The van der Waals surface area contributed by atoms with Gasteiger partial charge in [-0.3, -0.25) is 0 Å². The number of rotatable bonds is 3. The molecule has 0 saturated heterocycles. The molecule has 0 unspecified atom stereocenters. The predicted molar refractivity (Wildman–Crippen MR) is 80.6 cm³/mol. The second kappa shape index (κ2) is 5.68. The van der Waals surface area contributed by atoms with Crippen LogP contribution in [0.2, 0.25) is 0 Å². The van der Waals surface area contributed by atoms with Crippen LogP contribution in [0.5, 0.6) is 0 Å². The molecule has 0 radical (unpaired) electrons. The van der Waals surface area contributed by atoms with E-state index in [1.54, 1.807) is 10.9 Å². The fourth-order valence-corrected chi connectivity index (χ4v) is 1.83. The molecule has 5 nitrogen and oxygen atoms in total. The van der Waals surface area contributed by atoms with E-state index in [0.717, 1.165) is 5.69 Å². The van der Waals surface area contributed by atoms with E-state index in [-0.39, 0.29) is 5.69 Å². The third-order valence-corrected chi connectivity index (χ3v) is 2.93. The lowest BCUT2D eigenvalue weighted by molar-refractivity contribution is 0.00627. The van der Waals surface area contributed by atoms with Crippen LogP contribution in [0.25, 0.3) is 5.69 Å². The molecule has 0 fully saturated rings. The summed E-state index contributed by atoms with van der Waals surface area (Å²) in [6.07, 6.45) is 1.58. The van der Waals surface area contributed by atoms with Crippen LogP contribution < -0.4 is 0 Å². The van der Waals surface area contributed by atoms with Gasteiger partial charge in [0.25, 0.3) is 0 Å². The second-order valence-electron chi connectivity index (χ2n) is 6.30. The topological polar surface area (TPSA) is 57.0 Å². The molecule has 1 heterocycles. The lowest BCUT2D eigenvalue weighted by Crippen LogP contribution is -2.24. The molecule has 5 heteroatoms. The number of carbonyl (C=O) groups is 1. The highest BCUT2D eigenvalue weighted by molar-refractivity contribution is 5.87. The molecule has 0 N–H and O–H groups in total. The van der Waals surface area contributed by atoms with Crippen LogP contribution in [0.3, 0.4) is 0 Å². The van der Waals surface area contributed by atoms with Gasteiger partial charge in [0.05, 0.1) is 11.9 Å². The molecule has 1 aromatic heterocycles. The number of nitrogens with zero attached hydrogens (tertiary/aromatic N) is 3. The van der Waals surface area contributed by atoms with Gasteiger partial charge < -0.3 is 4.74 Å². The number of carbonyl (C=O) groups excluding carboxylic acids is 1. The van der Waals surface area contributed by atoms with Crippen molar-refractivity contribution >= 4 is 5.97 Å². The van der Waals surface area contributed by atoms with Crippen molar-refractivity contribution < 1.29 is 9.53 Å². The number of hydrogen-bond donors (Lipinski definition) is 0. The molecule has 0 aliphatic carbocycles. The van der Waals surface area contributed by atoms with Crippen molar-refractivity contribution in [3.05, 3.63) is 41.7 Å². The zero-order chi connectivity index (χ0) is 15.6. The van der Waals surface area contributed by atoms with Crippen LogP contribution in [0.15, 0.2) is 30.5 Å². The molecule has 112 valence electrons. The minimum absolute atomic E-state index is 0.206. The Morgan fingerprint density at radius 2 is 1.81 bits per heavy atom. The number of benzene rings is 1. The summed E-state index contributed by atoms with van der Waals surface area (Å²) in [6.45, 7) is 9.75. The maximum absolute atomic E-state index is 11.9. The van der Waals surface area contributed by atoms with Gasteiger partial charge in [-0.1, -0.05) is 31.2 Å². The standard InChI is InChI=1S/C16H21N3O2/c1-11(2)12-6-8-13(9-7-12)19-10-14(17-18-19)15(20)21-16(3,4)5/h6-11H,1-5H3. The summed E-state index contributed by atoms with van der Waals surface area (Å²) in [5.41, 5.74) is 1.78. The molecule has 21 heavy (non-hydrogen) atoms. The Labute approximate surface area is 124 Å². The summed E-state index contributed by atoms with van der Waals surface area (Å²) in [4.78, 5) is 11.9. The number of ether oxygens (including phenoxy) is 1. The van der Waals surface area contributed by atoms with E-state index in [1.807, 2.05) is 32.9 Å². The largest absolute Gasteiger partial charge is 0.455 e. The first-order chi connectivity index (χ1) is 9.76. The van der Waals surface area contributed by atoms with Crippen molar-refractivity contribution in [2.24, 2.45) is 0 Å². The number of hydrogen-bond acceptors (Lipinski definition) is 4. The molecule has 1 aromatic carbocycles. The van der Waals surface area contributed by atoms with E-state index in [9.17, 15) is 4.79 Å². The molecule has 0 aliphatic heterocycles. The first kappa shape index (κ1) is 15.2. The summed E-state index contributed by atoms with van der Waals surface area (Å²) in [5.74, 6) is 0.0136. The summed E-state index contributed by atoms with van der Waals surface area (Å²) in [5, 5.41) is 7.85. The van der Waals surface area contributed by atoms with Crippen LogP contribution in [-0.2, 0) is 4.74 Å². The third-order valence-electron chi connectivity index (χ3n) is 2.93. The smallest absolute Gasteiger partial charge is 0.361 e. The molecule has 0 atom stereocenters. The number of esters is 1. The summed E-state index contributed by atoms with van der Waals surface area (Å²) >= 11 is 0. The molecule has 0 spiro atoms. The second-order valence-corrected chi connectivity index (χ2v) is 6.30. The van der Waals surface area contributed by atoms with Gasteiger partial charge in [0.1, 0.15) is 5.60 Å². The van der Waals surface area contributed by atoms with E-state index in [4.69, 9.17) is 4.74 Å². The first-order valence-corrected chi connectivity index (χ1v) is 7.02. The lowest BCUT2D eigenvalue weighted by Gasteiger charge is -2.18. The Bertz CT molecular complexity index is 622. The number of aromatic nitrogens is 3. The van der Waals surface area contributed by atoms with Crippen LogP contribution in [0.4, 0.5) is 0 Å². The first-order valence-electron chi connectivity index (χ1n) is 7.02. The van der Waals surface area contributed by atoms with E-state index in [1.165, 1.54) is 5.56 Å². The van der Waals surface area contributed by atoms with E-state index in [0.29, 0.717) is 5.92 Å². The summed E-state index contributed by atoms with van der Waals surface area (Å²) < 4.78 is 6.84. The zero-order valence-electron chi connectivity index (χ0n) is 13.1. The monoisotopic (exact) mass is 287 g/mol. The average molecular weight is 287 g/mol. The molecule has 2 rings (SSSR count). The highest BCUT2D eigenvalue weighted by atomic mass is 16.6. The van der Waals surface area contributed by atoms with Gasteiger partial charge in [-0.2, -0.15) is 0 Å². The van der Waals surface area contributed by atoms with Crippen molar-refractivity contribution in [1.29, 1.82) is 0 Å². The highest BCUT2D eigenvalue weighted by Crippen LogP contribution is 2.17. The Hall–Kier alpha value is -2.17. The van der Waals surface area contributed by atoms with E-state index >= 15 is 0 Å². The van der Waals surface area contributed by atoms with Gasteiger partial charge in [-0.15, -0.1) is 5.10 Å². The van der Waals surface area contributed by atoms with Crippen molar-refractivity contribution in [3.63, 3.8) is 0 Å². The van der Waals surface area contributed by atoms with Gasteiger partial charge >= 0.3 is 5.97 Å². The third kappa shape index (κ3) is 3.90. The molecule has 0 bridgehead atoms. The normalized spacial score (nSPS) is 11.7. The van der Waals surface area contributed by atoms with E-state index < -0.39 is 11.6 Å². The Morgan fingerprint density at radius 3 is 2.33 bits per heavy atom. The van der Waals surface area contributed by atoms with Gasteiger partial charge in [0.15, 0.2) is 5.69 Å². The Morgan fingerprint density at radius 1 is 1.19 bits per heavy atom. The summed E-state index contributed by atoms with van der Waals surface area (Å²) in [7, 11) is 0. The minimum atomic E-state index is -0.542. The van der Waals surface area contributed by atoms with Crippen molar-refractivity contribution in [2.45, 2.75) is 46.1 Å². The van der Waals surface area contributed by atoms with Crippen molar-refractivity contribution in [2.75, 3.05) is 0 Å². The van der Waals surface area contributed by atoms with Crippen LogP contribution >= 0.6 is 0 Å². The Balaban J connectivity index is 2.18. The Kier molecular flexibility index (Phi) is 4.11. The van der Waals surface area contributed by atoms with Crippen LogP contribution in [0, 0.1) is 0 Å². The van der Waals surface area contributed by atoms with Crippen LogP contribution in [0.1, 0.15) is 56.6 Å². The molecular weight excluding hydrogens is 266 g/mol. The maximum atomic E-state index is 11.9. The maximum Gasteiger partial charge on any atom is 0.361 e. The zero-order valence-corrected chi connectivity index (χ0v) is 13.1. The van der Waals surface area contributed by atoms with Crippen LogP contribution in [-0.4, -0.2) is 26.6 Å². The molecule has 0 aliphatic rings. The van der Waals surface area contributed by atoms with Crippen molar-refractivity contribution in [3.8, 4) is 5.69 Å². The predicted octanol–water partition coefficient (Wildman–Crippen LogP) is 3.35. The fraction of sp³-hybridized carbons (Fsp3) is 0.438. The molecule has 0 amide bonds. The van der Waals surface area contributed by atoms with E-state index in [2.05, 4.69) is 36.3 Å². The van der Waals surface area contributed by atoms with Gasteiger partial charge in [-0.25, -0.2) is 9.48 Å². The highest BCUT2D eigenvalue weighted by Gasteiger charge is 2.20. The van der Waals surface area contributed by atoms with Gasteiger partial charge in [0, 0.05) is 0 Å². The summed E-state index contributed by atoms with van der Waals surface area (Å²) in [6, 6.07) is 8.02. The minimum Gasteiger partial charge on any atom is -0.455 e. The lowest BCUT2D eigenvalue weighted by atomic mass is 10.0. The molecular formula is C16H21N3O2.